The molecule has 0 heterocycles. The van der Waals surface area contributed by atoms with Gasteiger partial charge in [-0.25, -0.2) is 4.39 Å². The van der Waals surface area contributed by atoms with Crippen molar-refractivity contribution >= 4 is 40.7 Å². The van der Waals surface area contributed by atoms with Gasteiger partial charge in [0.05, 0.1) is 17.3 Å². The SMILES string of the molecule is CC(=O)N(CCc1ccc(F)cc1)CC(=O)Nc1ccc(Cl)cc1Cl. The largest absolute Gasteiger partial charge is 0.333 e. The van der Waals surface area contributed by atoms with Gasteiger partial charge in [0.2, 0.25) is 11.8 Å². The molecule has 0 unspecified atom stereocenters. The predicted molar refractivity (Wildman–Crippen MR) is 97.4 cm³/mol. The number of hydrogen-bond acceptors (Lipinski definition) is 2. The average molecular weight is 383 g/mol. The highest BCUT2D eigenvalue weighted by Crippen LogP contribution is 2.25. The summed E-state index contributed by atoms with van der Waals surface area (Å²) in [6, 6.07) is 10.8. The Labute approximate surface area is 155 Å². The number of nitrogens with one attached hydrogen (secondary N) is 1. The molecule has 0 aliphatic heterocycles. The van der Waals surface area contributed by atoms with Crippen LogP contribution in [0.5, 0.6) is 0 Å². The summed E-state index contributed by atoms with van der Waals surface area (Å²) >= 11 is 11.8. The van der Waals surface area contributed by atoms with Gasteiger partial charge in [0.15, 0.2) is 0 Å². The summed E-state index contributed by atoms with van der Waals surface area (Å²) in [4.78, 5) is 25.4. The van der Waals surface area contributed by atoms with E-state index < -0.39 is 0 Å². The first-order chi connectivity index (χ1) is 11.8. The number of benzene rings is 2. The third-order valence-electron chi connectivity index (χ3n) is 3.57. The van der Waals surface area contributed by atoms with E-state index >= 15 is 0 Å². The van der Waals surface area contributed by atoms with E-state index in [-0.39, 0.29) is 24.2 Å². The summed E-state index contributed by atoms with van der Waals surface area (Å²) in [6.45, 7) is 1.64. The van der Waals surface area contributed by atoms with Crippen molar-refractivity contribution in [2.24, 2.45) is 0 Å². The van der Waals surface area contributed by atoms with Crippen LogP contribution < -0.4 is 5.32 Å². The average Bonchev–Trinajstić information content (AvgIpc) is 2.55. The molecule has 2 aromatic rings. The summed E-state index contributed by atoms with van der Waals surface area (Å²) in [5, 5.41) is 3.44. The number of amides is 2. The molecule has 0 bridgehead atoms. The summed E-state index contributed by atoms with van der Waals surface area (Å²) in [5.74, 6) is -0.899. The zero-order chi connectivity index (χ0) is 18.4. The molecule has 0 radical (unpaired) electrons. The van der Waals surface area contributed by atoms with Gasteiger partial charge >= 0.3 is 0 Å². The van der Waals surface area contributed by atoms with Crippen LogP contribution in [0.25, 0.3) is 0 Å². The number of nitrogens with zero attached hydrogens (tertiary/aromatic N) is 1. The lowest BCUT2D eigenvalue weighted by atomic mass is 10.1. The highest BCUT2D eigenvalue weighted by atomic mass is 35.5. The topological polar surface area (TPSA) is 49.4 Å². The minimum atomic E-state index is -0.362. The maximum Gasteiger partial charge on any atom is 0.244 e. The summed E-state index contributed by atoms with van der Waals surface area (Å²) in [7, 11) is 0. The van der Waals surface area contributed by atoms with Crippen LogP contribution in [0.2, 0.25) is 10.0 Å². The van der Waals surface area contributed by atoms with Crippen LogP contribution in [0.15, 0.2) is 42.5 Å². The number of rotatable bonds is 6. The molecule has 7 heteroatoms. The third kappa shape index (κ3) is 6.03. The molecule has 2 rings (SSSR count). The number of hydrogen-bond donors (Lipinski definition) is 1. The summed E-state index contributed by atoms with van der Waals surface area (Å²) in [6.07, 6.45) is 0.523. The van der Waals surface area contributed by atoms with E-state index in [0.717, 1.165) is 5.56 Å². The summed E-state index contributed by atoms with van der Waals surface area (Å²) < 4.78 is 12.9. The quantitative estimate of drug-likeness (QED) is 0.814. The second-order valence-electron chi connectivity index (χ2n) is 5.49. The van der Waals surface area contributed by atoms with Crippen LogP contribution >= 0.6 is 23.2 Å². The van der Waals surface area contributed by atoms with E-state index in [9.17, 15) is 14.0 Å². The molecule has 0 aliphatic carbocycles. The molecule has 2 aromatic carbocycles. The Hall–Kier alpha value is -2.11. The van der Waals surface area contributed by atoms with E-state index in [1.807, 2.05) is 0 Å². The fraction of sp³-hybridized carbons (Fsp3) is 0.222. The molecule has 0 spiro atoms. The van der Waals surface area contributed by atoms with E-state index in [4.69, 9.17) is 23.2 Å². The normalized spacial score (nSPS) is 10.4. The molecule has 0 saturated carbocycles. The van der Waals surface area contributed by atoms with Gasteiger partial charge in [-0.1, -0.05) is 35.3 Å². The predicted octanol–water partition coefficient (Wildman–Crippen LogP) is 4.16. The maximum absolute atomic E-state index is 12.9. The Balaban J connectivity index is 1.94. The highest BCUT2D eigenvalue weighted by molar-refractivity contribution is 6.36. The number of carbonyl (C=O) groups excluding carboxylic acids is 2. The van der Waals surface area contributed by atoms with Gasteiger partial charge in [-0.15, -0.1) is 0 Å². The van der Waals surface area contributed by atoms with Crippen molar-refractivity contribution in [1.29, 1.82) is 0 Å². The first kappa shape index (κ1) is 19.2. The van der Waals surface area contributed by atoms with Gasteiger partial charge in [-0.2, -0.15) is 0 Å². The van der Waals surface area contributed by atoms with E-state index in [1.54, 1.807) is 24.3 Å². The molecule has 0 atom stereocenters. The highest BCUT2D eigenvalue weighted by Gasteiger charge is 2.15. The Kier molecular flexibility index (Phi) is 6.79. The van der Waals surface area contributed by atoms with E-state index in [0.29, 0.717) is 28.7 Å². The van der Waals surface area contributed by atoms with Gasteiger partial charge in [0, 0.05) is 18.5 Å². The lowest BCUT2D eigenvalue weighted by Gasteiger charge is -2.20. The van der Waals surface area contributed by atoms with Crippen LogP contribution in [0, 0.1) is 5.82 Å². The van der Waals surface area contributed by atoms with Crippen LogP contribution in [0.1, 0.15) is 12.5 Å². The zero-order valence-corrected chi connectivity index (χ0v) is 15.1. The van der Waals surface area contributed by atoms with Gasteiger partial charge in [0.1, 0.15) is 5.82 Å². The van der Waals surface area contributed by atoms with Gasteiger partial charge in [-0.05, 0) is 42.3 Å². The van der Waals surface area contributed by atoms with Crippen molar-refractivity contribution in [3.63, 3.8) is 0 Å². The molecule has 4 nitrogen and oxygen atoms in total. The molecule has 0 aromatic heterocycles. The zero-order valence-electron chi connectivity index (χ0n) is 13.6. The van der Waals surface area contributed by atoms with Crippen LogP contribution in [-0.4, -0.2) is 29.8 Å². The van der Waals surface area contributed by atoms with E-state index in [1.165, 1.54) is 30.0 Å². The monoisotopic (exact) mass is 382 g/mol. The first-order valence-corrected chi connectivity index (χ1v) is 8.35. The molecule has 132 valence electrons. The molecule has 25 heavy (non-hydrogen) atoms. The Bertz CT molecular complexity index is 766. The number of anilines is 1. The van der Waals surface area contributed by atoms with Gasteiger partial charge in [0.25, 0.3) is 0 Å². The van der Waals surface area contributed by atoms with Crippen molar-refractivity contribution in [1.82, 2.24) is 4.90 Å². The molecule has 0 aliphatic rings. The van der Waals surface area contributed by atoms with E-state index in [2.05, 4.69) is 5.32 Å². The third-order valence-corrected chi connectivity index (χ3v) is 4.12. The van der Waals surface area contributed by atoms with Crippen LogP contribution in [-0.2, 0) is 16.0 Å². The van der Waals surface area contributed by atoms with Crippen molar-refractivity contribution < 1.29 is 14.0 Å². The van der Waals surface area contributed by atoms with Crippen molar-refractivity contribution in [2.75, 3.05) is 18.4 Å². The van der Waals surface area contributed by atoms with Gasteiger partial charge in [-0.3, -0.25) is 9.59 Å². The van der Waals surface area contributed by atoms with Crippen LogP contribution in [0.4, 0.5) is 10.1 Å². The Morgan fingerprint density at radius 3 is 2.40 bits per heavy atom. The van der Waals surface area contributed by atoms with Crippen LogP contribution in [0.3, 0.4) is 0 Å². The first-order valence-electron chi connectivity index (χ1n) is 7.60. The molecular formula is C18H17Cl2FN2O2. The second-order valence-corrected chi connectivity index (χ2v) is 6.33. The van der Waals surface area contributed by atoms with Crippen molar-refractivity contribution in [3.05, 3.63) is 63.9 Å². The fourth-order valence-corrected chi connectivity index (χ4v) is 2.67. The maximum atomic E-state index is 12.9. The lowest BCUT2D eigenvalue weighted by Crippen LogP contribution is -2.38. The minimum Gasteiger partial charge on any atom is -0.333 e. The number of carbonyl (C=O) groups is 2. The Morgan fingerprint density at radius 1 is 1.12 bits per heavy atom. The lowest BCUT2D eigenvalue weighted by molar-refractivity contribution is -0.132. The van der Waals surface area contributed by atoms with Gasteiger partial charge < -0.3 is 10.2 Å². The molecular weight excluding hydrogens is 366 g/mol. The number of halogens is 3. The summed E-state index contributed by atoms with van der Waals surface area (Å²) in [5.41, 5.74) is 1.31. The second kappa shape index (κ2) is 8.83. The fourth-order valence-electron chi connectivity index (χ4n) is 2.22. The minimum absolute atomic E-state index is 0.102. The molecule has 1 N–H and O–H groups in total. The molecule has 2 amide bonds. The molecule has 0 fully saturated rings. The standard InChI is InChI=1S/C18H17Cl2FN2O2/c1-12(24)23(9-8-13-2-5-15(21)6-3-13)11-18(25)22-17-7-4-14(19)10-16(17)20/h2-7,10H,8-9,11H2,1H3,(H,22,25). The molecule has 0 saturated heterocycles. The Morgan fingerprint density at radius 2 is 1.80 bits per heavy atom. The van der Waals surface area contributed by atoms with Crippen molar-refractivity contribution in [2.45, 2.75) is 13.3 Å². The van der Waals surface area contributed by atoms with Crippen molar-refractivity contribution in [3.8, 4) is 0 Å². The smallest absolute Gasteiger partial charge is 0.244 e.